The van der Waals surface area contributed by atoms with E-state index in [0.717, 1.165) is 43.9 Å². The van der Waals surface area contributed by atoms with E-state index in [-0.39, 0.29) is 5.91 Å². The number of hydrogen-bond acceptors (Lipinski definition) is 6. The van der Waals surface area contributed by atoms with Crippen LogP contribution < -0.4 is 4.74 Å². The number of allylic oxidation sites excluding steroid dienone is 2. The monoisotopic (exact) mass is 439 g/mol. The number of rotatable bonds is 3. The molecule has 0 saturated carbocycles. The van der Waals surface area contributed by atoms with Gasteiger partial charge in [-0.2, -0.15) is 0 Å². The zero-order chi connectivity index (χ0) is 20.7. The fraction of sp³-hybridized carbons (Fsp3) is 0.435. The van der Waals surface area contributed by atoms with Gasteiger partial charge in [0.25, 0.3) is 5.91 Å². The predicted molar refractivity (Wildman–Crippen MR) is 122 cm³/mol. The normalized spacial score (nSPS) is 21.4. The molecule has 7 heteroatoms. The van der Waals surface area contributed by atoms with Crippen molar-refractivity contribution in [2.75, 3.05) is 13.1 Å². The van der Waals surface area contributed by atoms with Crippen LogP contribution in [0.1, 0.15) is 60.5 Å². The summed E-state index contributed by atoms with van der Waals surface area (Å²) in [7, 11) is 0. The first kappa shape index (κ1) is 19.8. The second-order valence-electron chi connectivity index (χ2n) is 8.10. The summed E-state index contributed by atoms with van der Waals surface area (Å²) in [6.07, 6.45) is 9.10. The number of thioether (sulfide) groups is 1. The maximum absolute atomic E-state index is 12.7. The van der Waals surface area contributed by atoms with Crippen LogP contribution in [-0.2, 0) is 6.42 Å². The Morgan fingerprint density at radius 1 is 1.17 bits per heavy atom. The molecule has 1 amide bonds. The van der Waals surface area contributed by atoms with Crippen LogP contribution in [0.2, 0.25) is 0 Å². The van der Waals surface area contributed by atoms with Gasteiger partial charge in [-0.3, -0.25) is 4.79 Å². The first-order chi connectivity index (χ1) is 14.6. The Kier molecular flexibility index (Phi) is 5.41. The molecule has 1 atom stereocenters. The smallest absolute Gasteiger partial charge is 0.272 e. The molecule has 2 aromatic heterocycles. The summed E-state index contributed by atoms with van der Waals surface area (Å²) in [6, 6.07) is 3.65. The molecular formula is C23H25N3O2S2. The summed E-state index contributed by atoms with van der Waals surface area (Å²) in [5, 5.41) is 1.30. The number of pyridine rings is 1. The predicted octanol–water partition coefficient (Wildman–Crippen LogP) is 5.31. The summed E-state index contributed by atoms with van der Waals surface area (Å²) >= 11 is 3.30. The number of fused-ring (bicyclic) bond motifs is 3. The van der Waals surface area contributed by atoms with Crippen LogP contribution in [-0.4, -0.2) is 38.5 Å². The van der Waals surface area contributed by atoms with Gasteiger partial charge in [0.15, 0.2) is 5.09 Å². The van der Waals surface area contributed by atoms with E-state index in [4.69, 9.17) is 4.74 Å². The van der Waals surface area contributed by atoms with Crippen molar-refractivity contribution in [2.24, 2.45) is 0 Å². The molecule has 4 heterocycles. The summed E-state index contributed by atoms with van der Waals surface area (Å²) in [5.74, 6) is 0.689. The third-order valence-corrected chi connectivity index (χ3v) is 8.27. The van der Waals surface area contributed by atoms with E-state index >= 15 is 0 Å². The minimum absolute atomic E-state index is 0.0198. The number of carbonyl (C=O) groups excluding carboxylic acids is 1. The third-order valence-electron chi connectivity index (χ3n) is 6.20. The van der Waals surface area contributed by atoms with Crippen molar-refractivity contribution in [1.29, 1.82) is 0 Å². The van der Waals surface area contributed by atoms with E-state index in [1.54, 1.807) is 35.6 Å². The first-order valence-corrected chi connectivity index (χ1v) is 12.2. The molecule has 5 nitrogen and oxygen atoms in total. The quantitative estimate of drug-likeness (QED) is 0.649. The SMILES string of the molecule is CC1=C2CCc3cnsc3C2=C(Oc2ccc(C(=O)N3CCCCC3)nc2)SC1C. The van der Waals surface area contributed by atoms with Gasteiger partial charge >= 0.3 is 0 Å². The van der Waals surface area contributed by atoms with E-state index in [9.17, 15) is 4.79 Å². The minimum atomic E-state index is 0.0198. The zero-order valence-corrected chi connectivity index (χ0v) is 18.9. The Labute approximate surface area is 185 Å². The fourth-order valence-electron chi connectivity index (χ4n) is 4.34. The molecule has 0 aromatic carbocycles. The lowest BCUT2D eigenvalue weighted by atomic mass is 9.86. The molecule has 30 heavy (non-hydrogen) atoms. The number of aromatic nitrogens is 2. The average molecular weight is 440 g/mol. The zero-order valence-electron chi connectivity index (χ0n) is 17.3. The topological polar surface area (TPSA) is 55.3 Å². The molecule has 156 valence electrons. The van der Waals surface area contributed by atoms with Crippen LogP contribution in [0.3, 0.4) is 0 Å². The molecule has 1 aliphatic carbocycles. The second-order valence-corrected chi connectivity index (χ2v) is 10.2. The molecule has 1 fully saturated rings. The lowest BCUT2D eigenvalue weighted by molar-refractivity contribution is 0.0718. The summed E-state index contributed by atoms with van der Waals surface area (Å²) in [4.78, 5) is 20.2. The molecule has 2 aliphatic heterocycles. The Bertz CT molecular complexity index is 1030. The maximum atomic E-state index is 12.7. The van der Waals surface area contributed by atoms with Crippen LogP contribution in [0.4, 0.5) is 0 Å². The van der Waals surface area contributed by atoms with Crippen LogP contribution in [0.5, 0.6) is 5.75 Å². The molecule has 1 saturated heterocycles. The highest BCUT2D eigenvalue weighted by atomic mass is 32.2. The molecule has 3 aliphatic rings. The van der Waals surface area contributed by atoms with Crippen LogP contribution in [0.15, 0.2) is 40.8 Å². The van der Waals surface area contributed by atoms with Crippen molar-refractivity contribution >= 4 is 34.8 Å². The number of likely N-dealkylation sites (tertiary alicyclic amines) is 1. The van der Waals surface area contributed by atoms with Gasteiger partial charge in [0, 0.05) is 30.1 Å². The van der Waals surface area contributed by atoms with Gasteiger partial charge in [-0.15, -0.1) is 0 Å². The highest BCUT2D eigenvalue weighted by Crippen LogP contribution is 2.49. The van der Waals surface area contributed by atoms with Gasteiger partial charge in [-0.1, -0.05) is 17.3 Å². The molecule has 2 aromatic rings. The molecule has 0 radical (unpaired) electrons. The molecule has 1 unspecified atom stereocenters. The second kappa shape index (κ2) is 8.19. The average Bonchev–Trinajstić information content (AvgIpc) is 3.26. The molecular weight excluding hydrogens is 414 g/mol. The Morgan fingerprint density at radius 3 is 2.77 bits per heavy atom. The van der Waals surface area contributed by atoms with Crippen LogP contribution in [0, 0.1) is 0 Å². The van der Waals surface area contributed by atoms with Gasteiger partial charge in [-0.25, -0.2) is 9.36 Å². The number of amides is 1. The number of nitrogens with zero attached hydrogens (tertiary/aromatic N) is 3. The molecule has 0 bridgehead atoms. The summed E-state index contributed by atoms with van der Waals surface area (Å²) in [5.41, 5.74) is 5.83. The van der Waals surface area contributed by atoms with Crippen LogP contribution >= 0.6 is 23.3 Å². The number of hydrogen-bond donors (Lipinski definition) is 0. The van der Waals surface area contributed by atoms with E-state index in [2.05, 4.69) is 23.2 Å². The van der Waals surface area contributed by atoms with Crippen molar-refractivity contribution in [1.82, 2.24) is 14.3 Å². The lowest BCUT2D eigenvalue weighted by Gasteiger charge is -2.30. The van der Waals surface area contributed by atoms with Crippen molar-refractivity contribution in [3.8, 4) is 5.75 Å². The van der Waals surface area contributed by atoms with Crippen molar-refractivity contribution in [3.63, 3.8) is 0 Å². The highest BCUT2D eigenvalue weighted by molar-refractivity contribution is 8.03. The molecule has 5 rings (SSSR count). The first-order valence-electron chi connectivity index (χ1n) is 10.6. The standard InChI is InChI=1S/C23H25N3O2S2/c1-14-15(2)29-23(20-18(14)8-6-16-12-25-30-21(16)20)28-17-7-9-19(24-13-17)22(27)26-10-4-3-5-11-26/h7,9,12-13,15H,3-6,8,10-11H2,1-2H3. The van der Waals surface area contributed by atoms with Crippen LogP contribution in [0.25, 0.3) is 5.57 Å². The van der Waals surface area contributed by atoms with Gasteiger partial charge in [-0.05, 0) is 80.8 Å². The highest BCUT2D eigenvalue weighted by Gasteiger charge is 2.32. The Hall–Kier alpha value is -2.12. The number of ether oxygens (including phenoxy) is 1. The van der Waals surface area contributed by atoms with E-state index in [0.29, 0.717) is 16.7 Å². The van der Waals surface area contributed by atoms with Gasteiger partial charge in [0.1, 0.15) is 11.4 Å². The van der Waals surface area contributed by atoms with Gasteiger partial charge in [0.05, 0.1) is 11.1 Å². The van der Waals surface area contributed by atoms with Gasteiger partial charge < -0.3 is 9.64 Å². The summed E-state index contributed by atoms with van der Waals surface area (Å²) in [6.45, 7) is 6.12. The third kappa shape index (κ3) is 3.58. The van der Waals surface area contributed by atoms with E-state index in [1.807, 2.05) is 17.2 Å². The van der Waals surface area contributed by atoms with Crippen molar-refractivity contribution in [2.45, 2.75) is 51.2 Å². The van der Waals surface area contributed by atoms with Gasteiger partial charge in [0.2, 0.25) is 0 Å². The van der Waals surface area contributed by atoms with E-state index < -0.39 is 0 Å². The van der Waals surface area contributed by atoms with E-state index in [1.165, 1.54) is 33.6 Å². The van der Waals surface area contributed by atoms with Crippen molar-refractivity contribution in [3.05, 3.63) is 56.9 Å². The van der Waals surface area contributed by atoms with Crippen molar-refractivity contribution < 1.29 is 9.53 Å². The Morgan fingerprint density at radius 2 is 2.00 bits per heavy atom. The molecule has 0 N–H and O–H groups in total. The number of aryl methyl sites for hydroxylation is 1. The largest absolute Gasteiger partial charge is 0.448 e. The number of carbonyl (C=O) groups is 1. The number of piperidine rings is 1. The molecule has 0 spiro atoms. The fourth-order valence-corrected chi connectivity index (χ4v) is 6.39. The maximum Gasteiger partial charge on any atom is 0.272 e. The minimum Gasteiger partial charge on any atom is -0.448 e. The summed E-state index contributed by atoms with van der Waals surface area (Å²) < 4.78 is 10.8. The Balaban J connectivity index is 1.42. The lowest BCUT2D eigenvalue weighted by Crippen LogP contribution is -2.36.